The Bertz CT molecular complexity index is 914. The van der Waals surface area contributed by atoms with E-state index in [0.29, 0.717) is 0 Å². The van der Waals surface area contributed by atoms with Gasteiger partial charge in [0, 0.05) is 27.7 Å². The number of benzene rings is 1. The van der Waals surface area contributed by atoms with E-state index in [0.717, 1.165) is 13.8 Å². The minimum atomic E-state index is -1.26. The van der Waals surface area contributed by atoms with Crippen LogP contribution in [-0.2, 0) is 42.9 Å². The zero-order chi connectivity index (χ0) is 25.4. The Morgan fingerprint density at radius 2 is 1.47 bits per heavy atom. The van der Waals surface area contributed by atoms with Crippen LogP contribution in [0.15, 0.2) is 24.3 Å². The van der Waals surface area contributed by atoms with Crippen molar-refractivity contribution in [3.05, 3.63) is 29.8 Å². The van der Waals surface area contributed by atoms with Crippen LogP contribution in [0.25, 0.3) is 0 Å². The maximum absolute atomic E-state index is 11.9. The van der Waals surface area contributed by atoms with E-state index >= 15 is 0 Å². The minimum absolute atomic E-state index is 0.242. The van der Waals surface area contributed by atoms with Gasteiger partial charge in [0.2, 0.25) is 12.2 Å². The van der Waals surface area contributed by atoms with E-state index in [1.165, 1.54) is 45.2 Å². The zero-order valence-corrected chi connectivity index (χ0v) is 19.4. The van der Waals surface area contributed by atoms with E-state index in [1.54, 1.807) is 0 Å². The highest BCUT2D eigenvalue weighted by atomic mass is 16.7. The summed E-state index contributed by atoms with van der Waals surface area (Å²) >= 11 is 0. The Morgan fingerprint density at radius 3 is 1.97 bits per heavy atom. The maximum Gasteiger partial charge on any atom is 0.337 e. The number of carbonyl (C=O) groups is 5. The number of hydrogen-bond acceptors (Lipinski definition) is 11. The summed E-state index contributed by atoms with van der Waals surface area (Å²) in [5.41, 5.74) is 0.276. The molecule has 1 amide bonds. The summed E-state index contributed by atoms with van der Waals surface area (Å²) in [5.74, 6) is -2.84. The molecule has 0 bridgehead atoms. The quantitative estimate of drug-likeness (QED) is 0.408. The lowest BCUT2D eigenvalue weighted by Crippen LogP contribution is -2.67. The third-order valence-corrected chi connectivity index (χ3v) is 4.60. The Labute approximate surface area is 195 Å². The second-order valence-electron chi connectivity index (χ2n) is 7.35. The largest absolute Gasteiger partial charge is 0.465 e. The first-order valence-electron chi connectivity index (χ1n) is 10.3. The van der Waals surface area contributed by atoms with Gasteiger partial charge < -0.3 is 33.7 Å². The number of hydrogen-bond donors (Lipinski definition) is 1. The molecule has 5 atom stereocenters. The summed E-state index contributed by atoms with van der Waals surface area (Å²) in [6.45, 7) is 4.36. The fourth-order valence-corrected chi connectivity index (χ4v) is 3.31. The average Bonchev–Trinajstić information content (AvgIpc) is 2.75. The number of rotatable bonds is 8. The van der Waals surface area contributed by atoms with Crippen molar-refractivity contribution in [1.82, 2.24) is 5.32 Å². The van der Waals surface area contributed by atoms with Gasteiger partial charge in [-0.05, 0) is 24.3 Å². The van der Waals surface area contributed by atoms with E-state index in [-0.39, 0.29) is 17.9 Å². The van der Waals surface area contributed by atoms with Crippen molar-refractivity contribution in [2.45, 2.75) is 58.3 Å². The summed E-state index contributed by atoms with van der Waals surface area (Å²) in [7, 11) is 1.25. The molecular formula is C22H27NO11. The van der Waals surface area contributed by atoms with Crippen molar-refractivity contribution < 1.29 is 52.4 Å². The normalized spacial score (nSPS) is 23.7. The molecule has 0 spiro atoms. The molecule has 0 unspecified atom stereocenters. The number of carbonyl (C=O) groups excluding carboxylic acids is 5. The summed E-state index contributed by atoms with van der Waals surface area (Å²) in [5, 5.41) is 2.60. The van der Waals surface area contributed by atoms with Crippen LogP contribution in [0, 0.1) is 0 Å². The van der Waals surface area contributed by atoms with E-state index in [1.807, 2.05) is 0 Å². The molecule has 34 heavy (non-hydrogen) atoms. The van der Waals surface area contributed by atoms with Gasteiger partial charge in [0.05, 0.1) is 12.7 Å². The molecular weight excluding hydrogens is 454 g/mol. The molecule has 12 heteroatoms. The van der Waals surface area contributed by atoms with Gasteiger partial charge in [-0.2, -0.15) is 0 Å². The highest BCUT2D eigenvalue weighted by molar-refractivity contribution is 5.89. The summed E-state index contributed by atoms with van der Waals surface area (Å²) in [6, 6.07) is 4.75. The molecule has 0 saturated carbocycles. The first kappa shape index (κ1) is 26.6. The third-order valence-electron chi connectivity index (χ3n) is 4.60. The smallest absolute Gasteiger partial charge is 0.337 e. The summed E-state index contributed by atoms with van der Waals surface area (Å²) in [4.78, 5) is 58.6. The lowest BCUT2D eigenvalue weighted by atomic mass is 9.96. The molecule has 186 valence electrons. The summed E-state index contributed by atoms with van der Waals surface area (Å²) < 4.78 is 32.2. The van der Waals surface area contributed by atoms with Crippen LogP contribution >= 0.6 is 0 Å². The topological polar surface area (TPSA) is 153 Å². The van der Waals surface area contributed by atoms with Crippen LogP contribution in [0.2, 0.25) is 0 Å². The number of ether oxygens (including phenoxy) is 6. The lowest BCUT2D eigenvalue weighted by Gasteiger charge is -2.44. The maximum atomic E-state index is 11.9. The number of nitrogens with one attached hydrogen (secondary N) is 1. The SMILES string of the molecule is COC(=O)c1ccc(O[C@H]2O[C@@H](COC(C)=O)[C@H](OC(C)=O)[C@@H](OC(C)=O)[C@@H]2NC(C)=O)cc1. The molecule has 1 aliphatic rings. The van der Waals surface area contributed by atoms with Crippen LogP contribution < -0.4 is 10.1 Å². The number of esters is 4. The monoisotopic (exact) mass is 481 g/mol. The van der Waals surface area contributed by atoms with Crippen LogP contribution in [0.3, 0.4) is 0 Å². The molecule has 0 radical (unpaired) electrons. The van der Waals surface area contributed by atoms with Crippen molar-refractivity contribution in [2.24, 2.45) is 0 Å². The van der Waals surface area contributed by atoms with E-state index < -0.39 is 60.4 Å². The second kappa shape index (κ2) is 12.0. The molecule has 12 nitrogen and oxygen atoms in total. The van der Waals surface area contributed by atoms with Crippen molar-refractivity contribution in [3.8, 4) is 5.75 Å². The van der Waals surface area contributed by atoms with Crippen molar-refractivity contribution >= 4 is 29.8 Å². The van der Waals surface area contributed by atoms with Gasteiger partial charge in [-0.15, -0.1) is 0 Å². The number of methoxy groups -OCH3 is 1. The molecule has 0 aliphatic carbocycles. The molecule has 0 aromatic heterocycles. The molecule has 1 heterocycles. The highest BCUT2D eigenvalue weighted by Gasteiger charge is 2.51. The Morgan fingerprint density at radius 1 is 0.882 bits per heavy atom. The second-order valence-corrected chi connectivity index (χ2v) is 7.35. The van der Waals surface area contributed by atoms with Crippen LogP contribution in [-0.4, -0.2) is 74.1 Å². The van der Waals surface area contributed by atoms with Gasteiger partial charge in [0.1, 0.15) is 24.5 Å². The Balaban J connectivity index is 2.42. The minimum Gasteiger partial charge on any atom is -0.465 e. The van der Waals surface area contributed by atoms with E-state index in [9.17, 15) is 24.0 Å². The molecule has 1 N–H and O–H groups in total. The van der Waals surface area contributed by atoms with Crippen LogP contribution in [0.1, 0.15) is 38.1 Å². The Kier molecular flexibility index (Phi) is 9.36. The summed E-state index contributed by atoms with van der Waals surface area (Å²) in [6.07, 6.45) is -4.82. The lowest BCUT2D eigenvalue weighted by molar-refractivity contribution is -0.257. The highest BCUT2D eigenvalue weighted by Crippen LogP contribution is 2.29. The zero-order valence-electron chi connectivity index (χ0n) is 19.4. The van der Waals surface area contributed by atoms with Crippen LogP contribution in [0.4, 0.5) is 0 Å². The van der Waals surface area contributed by atoms with Crippen molar-refractivity contribution in [3.63, 3.8) is 0 Å². The Hall–Kier alpha value is -3.67. The first-order chi connectivity index (χ1) is 16.0. The molecule has 1 aliphatic heterocycles. The standard InChI is InChI=1S/C22H27NO11/c1-11(24)23-18-20(32-14(4)27)19(31-13(3)26)17(10-30-12(2)25)34-22(18)33-16-8-6-15(7-9-16)21(28)29-5/h6-9,17-20,22H,10H2,1-5H3,(H,23,24)/t17-,18-,19-,20-,22-/m0/s1. The van der Waals surface area contributed by atoms with Crippen molar-refractivity contribution in [2.75, 3.05) is 13.7 Å². The van der Waals surface area contributed by atoms with Gasteiger partial charge in [-0.1, -0.05) is 0 Å². The predicted molar refractivity (Wildman–Crippen MR) is 112 cm³/mol. The first-order valence-corrected chi connectivity index (χ1v) is 10.3. The molecule has 1 saturated heterocycles. The molecule has 2 rings (SSSR count). The third kappa shape index (κ3) is 7.44. The molecule has 1 fully saturated rings. The van der Waals surface area contributed by atoms with Gasteiger partial charge >= 0.3 is 23.9 Å². The van der Waals surface area contributed by atoms with Gasteiger partial charge in [0.15, 0.2) is 12.2 Å². The van der Waals surface area contributed by atoms with Crippen molar-refractivity contribution in [1.29, 1.82) is 0 Å². The van der Waals surface area contributed by atoms with Gasteiger partial charge in [0.25, 0.3) is 0 Å². The molecule has 1 aromatic rings. The van der Waals surface area contributed by atoms with Gasteiger partial charge in [-0.25, -0.2) is 4.79 Å². The average molecular weight is 481 g/mol. The number of amides is 1. The predicted octanol–water partition coefficient (Wildman–Crippen LogP) is 0.508. The van der Waals surface area contributed by atoms with E-state index in [2.05, 4.69) is 10.1 Å². The fourth-order valence-electron chi connectivity index (χ4n) is 3.31. The van der Waals surface area contributed by atoms with E-state index in [4.69, 9.17) is 23.7 Å². The van der Waals surface area contributed by atoms with Gasteiger partial charge in [-0.3, -0.25) is 19.2 Å². The van der Waals surface area contributed by atoms with Crippen LogP contribution in [0.5, 0.6) is 5.75 Å². The molecule has 1 aromatic carbocycles. The fraction of sp³-hybridized carbons (Fsp3) is 0.500.